The quantitative estimate of drug-likeness (QED) is 0.900. The maximum Gasteiger partial charge on any atom is 0.329 e. The molecule has 0 saturated heterocycles. The van der Waals surface area contributed by atoms with Gasteiger partial charge in [0.15, 0.2) is 0 Å². The Morgan fingerprint density at radius 3 is 2.57 bits per heavy atom. The number of amides is 1. The number of hydrogen-bond acceptors (Lipinski definition) is 2. The number of carbonyl (C=O) groups excluding carboxylic acids is 1. The second-order valence-electron chi connectivity index (χ2n) is 5.65. The fourth-order valence-electron chi connectivity index (χ4n) is 2.60. The van der Waals surface area contributed by atoms with Crippen LogP contribution in [0.3, 0.4) is 0 Å². The zero-order valence-electron chi connectivity index (χ0n) is 11.7. The SMILES string of the molecule is CC1CCC(NC(=O)c2cc(Cl)ccc2F)(C(=O)O)CC1. The van der Waals surface area contributed by atoms with Gasteiger partial charge >= 0.3 is 5.97 Å². The Bertz CT molecular complexity index is 568. The Balaban J connectivity index is 2.23. The molecular weight excluding hydrogens is 297 g/mol. The van der Waals surface area contributed by atoms with Crippen LogP contribution in [-0.2, 0) is 4.79 Å². The lowest BCUT2D eigenvalue weighted by Crippen LogP contribution is -2.56. The lowest BCUT2D eigenvalue weighted by molar-refractivity contribution is -0.146. The van der Waals surface area contributed by atoms with Gasteiger partial charge in [0.25, 0.3) is 5.91 Å². The van der Waals surface area contributed by atoms with Crippen molar-refractivity contribution >= 4 is 23.5 Å². The van der Waals surface area contributed by atoms with E-state index in [9.17, 15) is 19.1 Å². The summed E-state index contributed by atoms with van der Waals surface area (Å²) in [5.74, 6) is -2.11. The van der Waals surface area contributed by atoms with Crippen LogP contribution < -0.4 is 5.32 Å². The van der Waals surface area contributed by atoms with E-state index in [2.05, 4.69) is 5.32 Å². The van der Waals surface area contributed by atoms with Gasteiger partial charge in [-0.05, 0) is 49.8 Å². The van der Waals surface area contributed by atoms with E-state index in [1.165, 1.54) is 12.1 Å². The zero-order valence-corrected chi connectivity index (χ0v) is 12.4. The Morgan fingerprint density at radius 2 is 2.00 bits per heavy atom. The number of benzene rings is 1. The van der Waals surface area contributed by atoms with Crippen molar-refractivity contribution in [1.82, 2.24) is 5.32 Å². The van der Waals surface area contributed by atoms with Crippen LogP contribution in [0, 0.1) is 11.7 Å². The van der Waals surface area contributed by atoms with Gasteiger partial charge in [-0.3, -0.25) is 4.79 Å². The third-order valence-electron chi connectivity index (χ3n) is 4.06. The molecule has 4 nitrogen and oxygen atoms in total. The summed E-state index contributed by atoms with van der Waals surface area (Å²) < 4.78 is 13.7. The first-order chi connectivity index (χ1) is 9.84. The standard InChI is InChI=1S/C15H17ClFNO3/c1-9-4-6-15(7-5-9,14(20)21)18-13(19)11-8-10(16)2-3-12(11)17/h2-3,8-9H,4-7H2,1H3,(H,18,19)(H,20,21). The van der Waals surface area contributed by atoms with Gasteiger partial charge < -0.3 is 10.4 Å². The summed E-state index contributed by atoms with van der Waals surface area (Å²) in [7, 11) is 0. The summed E-state index contributed by atoms with van der Waals surface area (Å²) in [5.41, 5.74) is -1.56. The van der Waals surface area contributed by atoms with Crippen LogP contribution in [0.15, 0.2) is 18.2 Å². The van der Waals surface area contributed by atoms with Gasteiger partial charge in [-0.1, -0.05) is 18.5 Å². The van der Waals surface area contributed by atoms with Gasteiger partial charge in [0, 0.05) is 5.02 Å². The van der Waals surface area contributed by atoms with Crippen molar-refractivity contribution in [3.63, 3.8) is 0 Å². The van der Waals surface area contributed by atoms with Gasteiger partial charge in [-0.2, -0.15) is 0 Å². The molecule has 1 saturated carbocycles. The van der Waals surface area contributed by atoms with Crippen molar-refractivity contribution in [1.29, 1.82) is 0 Å². The van der Waals surface area contributed by atoms with E-state index in [-0.39, 0.29) is 10.6 Å². The van der Waals surface area contributed by atoms with Crippen molar-refractivity contribution in [2.24, 2.45) is 5.92 Å². The first-order valence-electron chi connectivity index (χ1n) is 6.85. The molecule has 0 spiro atoms. The molecule has 6 heteroatoms. The molecule has 1 aliphatic carbocycles. The van der Waals surface area contributed by atoms with Gasteiger partial charge in [0.1, 0.15) is 11.4 Å². The van der Waals surface area contributed by atoms with Crippen molar-refractivity contribution in [3.8, 4) is 0 Å². The monoisotopic (exact) mass is 313 g/mol. The topological polar surface area (TPSA) is 66.4 Å². The molecule has 0 aliphatic heterocycles. The normalized spacial score (nSPS) is 25.4. The molecule has 0 heterocycles. The number of nitrogens with one attached hydrogen (secondary N) is 1. The van der Waals surface area contributed by atoms with E-state index in [1.807, 2.05) is 6.92 Å². The fourth-order valence-corrected chi connectivity index (χ4v) is 2.78. The van der Waals surface area contributed by atoms with E-state index in [1.54, 1.807) is 0 Å². The molecule has 0 bridgehead atoms. The predicted octanol–water partition coefficient (Wildman–Crippen LogP) is 3.24. The molecule has 1 aromatic carbocycles. The highest BCUT2D eigenvalue weighted by atomic mass is 35.5. The van der Waals surface area contributed by atoms with Gasteiger partial charge in [-0.25, -0.2) is 9.18 Å². The predicted molar refractivity (Wildman–Crippen MR) is 76.9 cm³/mol. The molecular formula is C15H17ClFNO3. The maximum absolute atomic E-state index is 13.7. The highest BCUT2D eigenvalue weighted by Crippen LogP contribution is 2.32. The Morgan fingerprint density at radius 1 is 1.38 bits per heavy atom. The van der Waals surface area contributed by atoms with E-state index >= 15 is 0 Å². The molecule has 21 heavy (non-hydrogen) atoms. The Labute approximate surface area is 127 Å². The van der Waals surface area contributed by atoms with Crippen molar-refractivity contribution in [2.45, 2.75) is 38.1 Å². The highest BCUT2D eigenvalue weighted by molar-refractivity contribution is 6.31. The lowest BCUT2D eigenvalue weighted by atomic mass is 9.77. The summed E-state index contributed by atoms with van der Waals surface area (Å²) >= 11 is 5.76. The van der Waals surface area contributed by atoms with Crippen molar-refractivity contribution < 1.29 is 19.1 Å². The van der Waals surface area contributed by atoms with E-state index in [0.29, 0.717) is 31.6 Å². The number of halogens is 2. The van der Waals surface area contributed by atoms with Crippen LogP contribution in [-0.4, -0.2) is 22.5 Å². The van der Waals surface area contributed by atoms with Crippen LogP contribution in [0.5, 0.6) is 0 Å². The van der Waals surface area contributed by atoms with Crippen LogP contribution >= 0.6 is 11.6 Å². The summed E-state index contributed by atoms with van der Waals surface area (Å²) in [6.45, 7) is 2.05. The molecule has 1 aromatic rings. The molecule has 1 amide bonds. The number of carboxylic acids is 1. The summed E-state index contributed by atoms with van der Waals surface area (Å²) in [6, 6.07) is 3.63. The number of carbonyl (C=O) groups is 2. The number of rotatable bonds is 3. The molecule has 1 fully saturated rings. The number of carboxylic acid groups (broad SMARTS) is 1. The van der Waals surface area contributed by atoms with Gasteiger partial charge in [0.05, 0.1) is 5.56 Å². The molecule has 2 N–H and O–H groups in total. The van der Waals surface area contributed by atoms with Crippen LogP contribution in [0.4, 0.5) is 4.39 Å². The third-order valence-corrected chi connectivity index (χ3v) is 4.30. The fraction of sp³-hybridized carbons (Fsp3) is 0.467. The average Bonchev–Trinajstić information content (AvgIpc) is 2.44. The van der Waals surface area contributed by atoms with E-state index in [4.69, 9.17) is 11.6 Å². The Kier molecular flexibility index (Phi) is 4.52. The lowest BCUT2D eigenvalue weighted by Gasteiger charge is -2.36. The molecule has 0 radical (unpaired) electrons. The molecule has 114 valence electrons. The van der Waals surface area contributed by atoms with E-state index in [0.717, 1.165) is 6.07 Å². The Hall–Kier alpha value is -1.62. The minimum Gasteiger partial charge on any atom is -0.480 e. The molecule has 1 aliphatic rings. The number of hydrogen-bond donors (Lipinski definition) is 2. The minimum absolute atomic E-state index is 0.225. The van der Waals surface area contributed by atoms with Crippen molar-refractivity contribution in [3.05, 3.63) is 34.6 Å². The van der Waals surface area contributed by atoms with Gasteiger partial charge in [-0.15, -0.1) is 0 Å². The molecule has 0 aromatic heterocycles. The van der Waals surface area contributed by atoms with Crippen LogP contribution in [0.1, 0.15) is 43.0 Å². The smallest absolute Gasteiger partial charge is 0.329 e. The van der Waals surface area contributed by atoms with Crippen LogP contribution in [0.2, 0.25) is 5.02 Å². The summed E-state index contributed by atoms with van der Waals surface area (Å²) in [4.78, 5) is 23.8. The second kappa shape index (κ2) is 6.02. The molecule has 0 atom stereocenters. The van der Waals surface area contributed by atoms with E-state index < -0.39 is 23.2 Å². The number of aliphatic carboxylic acids is 1. The highest BCUT2D eigenvalue weighted by Gasteiger charge is 2.42. The summed E-state index contributed by atoms with van der Waals surface area (Å²) in [5, 5.41) is 12.2. The largest absolute Gasteiger partial charge is 0.480 e. The summed E-state index contributed by atoms with van der Waals surface area (Å²) in [6.07, 6.45) is 2.12. The first kappa shape index (κ1) is 15.8. The second-order valence-corrected chi connectivity index (χ2v) is 6.08. The van der Waals surface area contributed by atoms with Crippen molar-refractivity contribution in [2.75, 3.05) is 0 Å². The maximum atomic E-state index is 13.7. The minimum atomic E-state index is -1.32. The zero-order chi connectivity index (χ0) is 15.6. The van der Waals surface area contributed by atoms with Gasteiger partial charge in [0.2, 0.25) is 0 Å². The average molecular weight is 314 g/mol. The third kappa shape index (κ3) is 3.35. The molecule has 0 unspecified atom stereocenters. The first-order valence-corrected chi connectivity index (χ1v) is 7.23. The molecule has 2 rings (SSSR count). The van der Waals surface area contributed by atoms with Crippen LogP contribution in [0.25, 0.3) is 0 Å².